The van der Waals surface area contributed by atoms with Crippen LogP contribution in [0.4, 0.5) is 13.2 Å². The van der Waals surface area contributed by atoms with Crippen molar-refractivity contribution in [2.24, 2.45) is 5.92 Å². The molecule has 2 fully saturated rings. The van der Waals surface area contributed by atoms with Gasteiger partial charge in [-0.25, -0.2) is 9.78 Å². The Morgan fingerprint density at radius 3 is 2.31 bits per heavy atom. The molecule has 0 saturated heterocycles. The van der Waals surface area contributed by atoms with Gasteiger partial charge in [-0.3, -0.25) is 4.98 Å². The molecular weight excluding hydrogens is 507 g/mol. The average molecular weight is 550 g/mol. The molecule has 2 saturated carbocycles. The largest absolute Gasteiger partial charge is 0.493 e. The number of nitrogens with one attached hydrogen (secondary N) is 1. The first-order valence-electron chi connectivity index (χ1n) is 14.4. The highest BCUT2D eigenvalue weighted by molar-refractivity contribution is 5.85. The van der Waals surface area contributed by atoms with Crippen molar-refractivity contribution >= 4 is 5.97 Å². The van der Waals surface area contributed by atoms with Gasteiger partial charge in [0.05, 0.1) is 12.3 Å². The van der Waals surface area contributed by atoms with Crippen LogP contribution in [-0.4, -0.2) is 40.4 Å². The first-order chi connectivity index (χ1) is 18.8. The SMILES string of the molecule is CCCCCCCCCCNC(c1ccccn1)C(F)(F)F.O=C(O)c1cc(OCC2CC2)c(C2CC2)cn1. The Kier molecular flexibility index (Phi) is 12.5. The van der Waals surface area contributed by atoms with Gasteiger partial charge >= 0.3 is 12.1 Å². The molecule has 1 atom stereocenters. The first-order valence-corrected chi connectivity index (χ1v) is 14.4. The van der Waals surface area contributed by atoms with Crippen molar-refractivity contribution < 1.29 is 27.8 Å². The summed E-state index contributed by atoms with van der Waals surface area (Å²) in [7, 11) is 0. The number of ether oxygens (including phenoxy) is 1. The van der Waals surface area contributed by atoms with Gasteiger partial charge < -0.3 is 15.2 Å². The van der Waals surface area contributed by atoms with Crippen molar-refractivity contribution in [2.45, 2.75) is 102 Å². The highest BCUT2D eigenvalue weighted by Crippen LogP contribution is 2.44. The van der Waals surface area contributed by atoms with Gasteiger partial charge in [0.25, 0.3) is 0 Å². The van der Waals surface area contributed by atoms with Crippen LogP contribution in [0.3, 0.4) is 0 Å². The Labute approximate surface area is 229 Å². The lowest BCUT2D eigenvalue weighted by Gasteiger charge is -2.21. The fourth-order valence-corrected chi connectivity index (χ4v) is 4.32. The molecule has 2 aromatic rings. The number of unbranched alkanes of at least 4 members (excludes halogenated alkanes) is 7. The predicted octanol–water partition coefficient (Wildman–Crippen LogP) is 7.86. The van der Waals surface area contributed by atoms with Crippen LogP contribution in [0.15, 0.2) is 36.7 Å². The van der Waals surface area contributed by atoms with E-state index < -0.39 is 18.2 Å². The molecule has 2 aliphatic carbocycles. The molecule has 2 N–H and O–H groups in total. The number of carboxylic acid groups (broad SMARTS) is 1. The summed E-state index contributed by atoms with van der Waals surface area (Å²) in [6.45, 7) is 3.27. The smallest absolute Gasteiger partial charge is 0.409 e. The molecule has 9 heteroatoms. The first kappa shape index (κ1) is 30.9. The molecule has 216 valence electrons. The second kappa shape index (κ2) is 15.8. The summed E-state index contributed by atoms with van der Waals surface area (Å²) in [5.74, 6) is 0.929. The lowest BCUT2D eigenvalue weighted by Crippen LogP contribution is -2.35. The fraction of sp³-hybridized carbons (Fsp3) is 0.633. The van der Waals surface area contributed by atoms with Crippen molar-refractivity contribution in [1.29, 1.82) is 0 Å². The number of nitrogens with zero attached hydrogens (tertiary/aromatic N) is 2. The molecule has 0 bridgehead atoms. The number of aromatic nitrogens is 2. The predicted molar refractivity (Wildman–Crippen MR) is 145 cm³/mol. The zero-order valence-corrected chi connectivity index (χ0v) is 22.9. The van der Waals surface area contributed by atoms with Crippen LogP contribution in [0.2, 0.25) is 0 Å². The third-order valence-electron chi connectivity index (χ3n) is 6.99. The molecule has 39 heavy (non-hydrogen) atoms. The van der Waals surface area contributed by atoms with E-state index >= 15 is 0 Å². The summed E-state index contributed by atoms with van der Waals surface area (Å²) < 4.78 is 44.9. The summed E-state index contributed by atoms with van der Waals surface area (Å²) in [4.78, 5) is 18.7. The molecule has 0 aliphatic heterocycles. The van der Waals surface area contributed by atoms with Crippen LogP contribution in [0.1, 0.15) is 118 Å². The lowest BCUT2D eigenvalue weighted by atomic mass is 10.1. The normalized spacial score (nSPS) is 15.8. The Balaban J connectivity index is 0.000000221. The number of carboxylic acids is 1. The Morgan fingerprint density at radius 2 is 1.74 bits per heavy atom. The Morgan fingerprint density at radius 1 is 1.05 bits per heavy atom. The van der Waals surface area contributed by atoms with E-state index in [1.54, 1.807) is 24.4 Å². The third kappa shape index (κ3) is 11.5. The standard InChI is InChI=1S/C17H27F3N2.C13H15NO3/c1-2-3-4-5-6-7-8-10-14-22-16(17(18,19)20)15-12-9-11-13-21-15;15-13(16)11-5-12(17-7-8-1-2-8)10(6-14-11)9-3-4-9/h9,11-13,16,22H,2-8,10,14H2,1H3;5-6,8-9H,1-4,7H2,(H,15,16). The second-order valence-electron chi connectivity index (χ2n) is 10.6. The van der Waals surface area contributed by atoms with Crippen LogP contribution in [0, 0.1) is 5.92 Å². The van der Waals surface area contributed by atoms with E-state index in [1.807, 2.05) is 0 Å². The molecule has 0 radical (unpaired) electrons. The van der Waals surface area contributed by atoms with Gasteiger partial charge in [-0.1, -0.05) is 57.9 Å². The van der Waals surface area contributed by atoms with E-state index in [1.165, 1.54) is 57.2 Å². The molecule has 0 spiro atoms. The molecule has 0 amide bonds. The van der Waals surface area contributed by atoms with Gasteiger partial charge in [-0.2, -0.15) is 13.2 Å². The summed E-state index contributed by atoms with van der Waals surface area (Å²) >= 11 is 0. The van der Waals surface area contributed by atoms with Crippen molar-refractivity contribution in [3.05, 3.63) is 53.6 Å². The summed E-state index contributed by atoms with van der Waals surface area (Å²) in [5.41, 5.74) is 1.19. The zero-order chi connectivity index (χ0) is 28.1. The molecule has 2 aliphatic rings. The summed E-state index contributed by atoms with van der Waals surface area (Å²) in [5, 5.41) is 11.5. The van der Waals surface area contributed by atoms with Crippen LogP contribution in [0.5, 0.6) is 5.75 Å². The third-order valence-corrected chi connectivity index (χ3v) is 6.99. The fourth-order valence-electron chi connectivity index (χ4n) is 4.32. The van der Waals surface area contributed by atoms with Crippen LogP contribution < -0.4 is 10.1 Å². The van der Waals surface area contributed by atoms with Crippen LogP contribution >= 0.6 is 0 Å². The van der Waals surface area contributed by atoms with Gasteiger partial charge in [0.2, 0.25) is 0 Å². The number of halogens is 3. The van der Waals surface area contributed by atoms with Gasteiger partial charge in [0, 0.05) is 24.0 Å². The number of aromatic carboxylic acids is 1. The monoisotopic (exact) mass is 549 g/mol. The molecule has 2 heterocycles. The lowest BCUT2D eigenvalue weighted by molar-refractivity contribution is -0.158. The minimum atomic E-state index is -4.31. The molecule has 4 rings (SSSR count). The zero-order valence-electron chi connectivity index (χ0n) is 22.9. The number of alkyl halides is 3. The quantitative estimate of drug-likeness (QED) is 0.207. The maximum atomic E-state index is 13.1. The summed E-state index contributed by atoms with van der Waals surface area (Å²) in [6.07, 6.45) is 12.6. The minimum Gasteiger partial charge on any atom is -0.493 e. The van der Waals surface area contributed by atoms with E-state index in [4.69, 9.17) is 9.84 Å². The van der Waals surface area contributed by atoms with E-state index in [0.29, 0.717) is 25.0 Å². The van der Waals surface area contributed by atoms with Crippen molar-refractivity contribution in [3.8, 4) is 5.75 Å². The number of rotatable bonds is 16. The van der Waals surface area contributed by atoms with Crippen molar-refractivity contribution in [3.63, 3.8) is 0 Å². The highest BCUT2D eigenvalue weighted by atomic mass is 19.4. The second-order valence-corrected chi connectivity index (χ2v) is 10.6. The molecular formula is C30H42F3N3O3. The number of hydrogen-bond donors (Lipinski definition) is 2. The van der Waals surface area contributed by atoms with Gasteiger partial charge in [-0.15, -0.1) is 0 Å². The van der Waals surface area contributed by atoms with E-state index in [0.717, 1.165) is 43.4 Å². The van der Waals surface area contributed by atoms with Gasteiger partial charge in [-0.05, 0) is 62.6 Å². The number of pyridine rings is 2. The maximum Gasteiger partial charge on any atom is 0.409 e. The van der Waals surface area contributed by atoms with E-state index in [9.17, 15) is 18.0 Å². The van der Waals surface area contributed by atoms with E-state index in [2.05, 4.69) is 22.2 Å². The summed E-state index contributed by atoms with van der Waals surface area (Å²) in [6, 6.07) is 4.52. The molecule has 1 unspecified atom stereocenters. The van der Waals surface area contributed by atoms with Crippen molar-refractivity contribution in [1.82, 2.24) is 15.3 Å². The van der Waals surface area contributed by atoms with Crippen LogP contribution in [0.25, 0.3) is 0 Å². The maximum absolute atomic E-state index is 13.1. The Bertz CT molecular complexity index is 996. The van der Waals surface area contributed by atoms with Crippen molar-refractivity contribution in [2.75, 3.05) is 13.2 Å². The molecule has 6 nitrogen and oxygen atoms in total. The molecule has 0 aromatic carbocycles. The van der Waals surface area contributed by atoms with Crippen LogP contribution in [-0.2, 0) is 0 Å². The molecule has 2 aromatic heterocycles. The topological polar surface area (TPSA) is 84.3 Å². The number of hydrogen-bond acceptors (Lipinski definition) is 5. The van der Waals surface area contributed by atoms with E-state index in [-0.39, 0.29) is 11.4 Å². The minimum absolute atomic E-state index is 0.0366. The Hall–Kier alpha value is -2.68. The number of carbonyl (C=O) groups is 1. The average Bonchev–Trinajstić information content (AvgIpc) is 3.83. The van der Waals surface area contributed by atoms with Gasteiger partial charge in [0.1, 0.15) is 11.8 Å². The highest BCUT2D eigenvalue weighted by Gasteiger charge is 2.41. The van der Waals surface area contributed by atoms with Gasteiger partial charge in [0.15, 0.2) is 5.69 Å².